The summed E-state index contributed by atoms with van der Waals surface area (Å²) in [6.45, 7) is 1.91. The monoisotopic (exact) mass is 298 g/mol. The zero-order valence-electron chi connectivity index (χ0n) is 11.9. The number of carbonyl (C=O) groups excluding carboxylic acids is 1. The molecule has 0 amide bonds. The van der Waals surface area contributed by atoms with E-state index in [9.17, 15) is 4.79 Å². The summed E-state index contributed by atoms with van der Waals surface area (Å²) < 4.78 is 5.34. The SMILES string of the molecule is C/C=C/C(Cc1ccccc1)C(=O)OSc1ccccc1. The summed E-state index contributed by atoms with van der Waals surface area (Å²) >= 11 is 1.11. The van der Waals surface area contributed by atoms with Gasteiger partial charge in [0.05, 0.1) is 18.0 Å². The summed E-state index contributed by atoms with van der Waals surface area (Å²) in [7, 11) is 0. The molecule has 0 N–H and O–H groups in total. The Balaban J connectivity index is 1.96. The second-order valence-electron chi connectivity index (χ2n) is 4.62. The smallest absolute Gasteiger partial charge is 0.325 e. The maximum Gasteiger partial charge on any atom is 0.325 e. The van der Waals surface area contributed by atoms with Crippen molar-refractivity contribution in [2.45, 2.75) is 18.2 Å². The van der Waals surface area contributed by atoms with Crippen molar-refractivity contribution < 1.29 is 8.98 Å². The van der Waals surface area contributed by atoms with E-state index < -0.39 is 0 Å². The molecule has 2 nitrogen and oxygen atoms in total. The summed E-state index contributed by atoms with van der Waals surface area (Å²) in [5.74, 6) is -0.473. The zero-order chi connectivity index (χ0) is 14.9. The first-order valence-corrected chi connectivity index (χ1v) is 7.64. The Morgan fingerprint density at radius 2 is 1.71 bits per heavy atom. The van der Waals surface area contributed by atoms with Gasteiger partial charge in [-0.2, -0.15) is 0 Å². The average molecular weight is 298 g/mol. The normalized spacial score (nSPS) is 12.2. The van der Waals surface area contributed by atoms with Gasteiger partial charge >= 0.3 is 5.97 Å². The second kappa shape index (κ2) is 8.32. The zero-order valence-corrected chi connectivity index (χ0v) is 12.8. The maximum absolute atomic E-state index is 12.2. The first-order valence-electron chi connectivity index (χ1n) is 6.89. The van der Waals surface area contributed by atoms with Crippen LogP contribution in [0.25, 0.3) is 0 Å². The minimum Gasteiger partial charge on any atom is -0.386 e. The molecule has 1 atom stereocenters. The van der Waals surface area contributed by atoms with Gasteiger partial charge in [-0.05, 0) is 31.0 Å². The molecule has 0 spiro atoms. The molecule has 0 fully saturated rings. The molecule has 0 aliphatic rings. The summed E-state index contributed by atoms with van der Waals surface area (Å²) in [4.78, 5) is 13.1. The highest BCUT2D eigenvalue weighted by Crippen LogP contribution is 2.22. The molecule has 0 aliphatic carbocycles. The number of hydrogen-bond donors (Lipinski definition) is 0. The minimum absolute atomic E-state index is 0.217. The van der Waals surface area contributed by atoms with Crippen LogP contribution in [-0.2, 0) is 15.4 Å². The molecule has 3 heteroatoms. The van der Waals surface area contributed by atoms with Gasteiger partial charge < -0.3 is 4.18 Å². The largest absolute Gasteiger partial charge is 0.386 e. The highest BCUT2D eigenvalue weighted by atomic mass is 32.2. The Hall–Kier alpha value is -2.00. The third-order valence-electron chi connectivity index (χ3n) is 2.99. The highest BCUT2D eigenvalue weighted by Gasteiger charge is 2.18. The molecule has 1 unspecified atom stereocenters. The molecule has 0 saturated heterocycles. The van der Waals surface area contributed by atoms with Crippen molar-refractivity contribution in [1.82, 2.24) is 0 Å². The molecule has 0 heterocycles. The molecule has 2 rings (SSSR count). The van der Waals surface area contributed by atoms with Gasteiger partial charge in [-0.1, -0.05) is 60.7 Å². The molecule has 2 aromatic rings. The summed E-state index contributed by atoms with van der Waals surface area (Å²) in [6.07, 6.45) is 4.43. The lowest BCUT2D eigenvalue weighted by Gasteiger charge is -2.11. The van der Waals surface area contributed by atoms with Crippen molar-refractivity contribution >= 4 is 18.0 Å². The predicted molar refractivity (Wildman–Crippen MR) is 86.8 cm³/mol. The summed E-state index contributed by atoms with van der Waals surface area (Å²) in [5.41, 5.74) is 1.13. The quantitative estimate of drug-likeness (QED) is 0.572. The van der Waals surface area contributed by atoms with Crippen LogP contribution in [0.15, 0.2) is 77.7 Å². The van der Waals surface area contributed by atoms with E-state index in [4.69, 9.17) is 4.18 Å². The van der Waals surface area contributed by atoms with Gasteiger partial charge in [-0.15, -0.1) is 0 Å². The third-order valence-corrected chi connectivity index (χ3v) is 3.70. The molecular weight excluding hydrogens is 280 g/mol. The van der Waals surface area contributed by atoms with E-state index in [0.717, 1.165) is 22.5 Å². The van der Waals surface area contributed by atoms with Crippen LogP contribution in [0.5, 0.6) is 0 Å². The highest BCUT2D eigenvalue weighted by molar-refractivity contribution is 7.95. The van der Waals surface area contributed by atoms with Gasteiger partial charge in [0.1, 0.15) is 0 Å². The molecular formula is C18H18O2S. The van der Waals surface area contributed by atoms with Gasteiger partial charge in [0.15, 0.2) is 0 Å². The number of rotatable bonds is 6. The van der Waals surface area contributed by atoms with Gasteiger partial charge in [0, 0.05) is 4.90 Å². The van der Waals surface area contributed by atoms with Crippen LogP contribution >= 0.6 is 12.0 Å². The van der Waals surface area contributed by atoms with Crippen LogP contribution in [0.3, 0.4) is 0 Å². The van der Waals surface area contributed by atoms with Gasteiger partial charge in [-0.25, -0.2) is 0 Å². The number of hydrogen-bond acceptors (Lipinski definition) is 3. The van der Waals surface area contributed by atoms with Crippen molar-refractivity contribution in [3.63, 3.8) is 0 Å². The fourth-order valence-corrected chi connectivity index (χ4v) is 2.53. The van der Waals surface area contributed by atoms with Gasteiger partial charge in [0.25, 0.3) is 0 Å². The Morgan fingerprint density at radius 3 is 2.33 bits per heavy atom. The number of allylic oxidation sites excluding steroid dienone is 1. The molecule has 108 valence electrons. The molecule has 0 aromatic heterocycles. The first kappa shape index (κ1) is 15.4. The topological polar surface area (TPSA) is 26.3 Å². The van der Waals surface area contributed by atoms with Crippen LogP contribution in [0.1, 0.15) is 12.5 Å². The third kappa shape index (κ3) is 5.12. The van der Waals surface area contributed by atoms with Crippen LogP contribution < -0.4 is 0 Å². The Morgan fingerprint density at radius 1 is 1.10 bits per heavy atom. The molecule has 0 bridgehead atoms. The van der Waals surface area contributed by atoms with Crippen LogP contribution in [0.4, 0.5) is 0 Å². The summed E-state index contributed by atoms with van der Waals surface area (Å²) in [6, 6.07) is 19.6. The van der Waals surface area contributed by atoms with Crippen molar-refractivity contribution in [1.29, 1.82) is 0 Å². The van der Waals surface area contributed by atoms with Crippen molar-refractivity contribution in [2.24, 2.45) is 5.92 Å². The Labute approximate surface area is 130 Å². The standard InChI is InChI=1S/C18H18O2S/c1-2-9-16(14-15-10-5-3-6-11-15)18(19)20-21-17-12-7-4-8-13-17/h2-13,16H,14H2,1H3/b9-2+. The fourth-order valence-electron chi connectivity index (χ4n) is 1.96. The van der Waals surface area contributed by atoms with Gasteiger partial charge in [0.2, 0.25) is 0 Å². The lowest BCUT2D eigenvalue weighted by molar-refractivity contribution is -0.135. The van der Waals surface area contributed by atoms with E-state index in [1.54, 1.807) is 0 Å². The number of benzene rings is 2. The lowest BCUT2D eigenvalue weighted by Crippen LogP contribution is -2.15. The minimum atomic E-state index is -0.256. The summed E-state index contributed by atoms with van der Waals surface area (Å²) in [5, 5.41) is 0. The first-order chi connectivity index (χ1) is 10.3. The van der Waals surface area contributed by atoms with Crippen molar-refractivity contribution in [3.05, 3.63) is 78.4 Å². The molecule has 0 saturated carbocycles. The van der Waals surface area contributed by atoms with Crippen LogP contribution in [0.2, 0.25) is 0 Å². The van der Waals surface area contributed by atoms with Crippen LogP contribution in [-0.4, -0.2) is 5.97 Å². The second-order valence-corrected chi connectivity index (χ2v) is 5.43. The van der Waals surface area contributed by atoms with Crippen molar-refractivity contribution in [2.75, 3.05) is 0 Å². The van der Waals surface area contributed by atoms with E-state index in [1.165, 1.54) is 0 Å². The predicted octanol–water partition coefficient (Wildman–Crippen LogP) is 4.67. The number of carbonyl (C=O) groups is 1. The van der Waals surface area contributed by atoms with E-state index >= 15 is 0 Å². The van der Waals surface area contributed by atoms with E-state index in [-0.39, 0.29) is 11.9 Å². The maximum atomic E-state index is 12.2. The molecule has 2 aromatic carbocycles. The lowest BCUT2D eigenvalue weighted by atomic mass is 9.99. The fraction of sp³-hybridized carbons (Fsp3) is 0.167. The van der Waals surface area contributed by atoms with E-state index in [2.05, 4.69) is 0 Å². The molecule has 21 heavy (non-hydrogen) atoms. The average Bonchev–Trinajstić information content (AvgIpc) is 2.54. The molecule has 0 aliphatic heterocycles. The molecule has 0 radical (unpaired) electrons. The van der Waals surface area contributed by atoms with E-state index in [1.807, 2.05) is 79.7 Å². The van der Waals surface area contributed by atoms with Crippen LogP contribution in [0, 0.1) is 5.92 Å². The van der Waals surface area contributed by atoms with E-state index in [0.29, 0.717) is 6.42 Å². The van der Waals surface area contributed by atoms with Gasteiger partial charge in [-0.3, -0.25) is 4.79 Å². The Kier molecular flexibility index (Phi) is 6.10. The Bertz CT molecular complexity index is 579. The van der Waals surface area contributed by atoms with Crippen molar-refractivity contribution in [3.8, 4) is 0 Å².